The van der Waals surface area contributed by atoms with E-state index in [0.717, 1.165) is 43.0 Å². The Hall–Kier alpha value is -2.14. The molecular weight excluding hydrogens is 305 g/mol. The van der Waals surface area contributed by atoms with Crippen LogP contribution in [-0.2, 0) is 6.54 Å². The van der Waals surface area contributed by atoms with Gasteiger partial charge in [0, 0.05) is 32.4 Å². The predicted octanol–water partition coefficient (Wildman–Crippen LogP) is 3.35. The molecule has 2 aromatic rings. The highest BCUT2D eigenvalue weighted by Gasteiger charge is 2.21. The molecule has 1 saturated heterocycles. The smallest absolute Gasteiger partial charge is 0.151 e. The SMILES string of the molecule is Cc1cc(CNc2cccnc2N2CCC(CO)CC2)ccc1F. The van der Waals surface area contributed by atoms with E-state index in [1.807, 2.05) is 18.2 Å². The van der Waals surface area contributed by atoms with Crippen LogP contribution >= 0.6 is 0 Å². The molecule has 0 spiro atoms. The lowest BCUT2D eigenvalue weighted by Crippen LogP contribution is -2.35. The Balaban J connectivity index is 1.69. The molecule has 24 heavy (non-hydrogen) atoms. The highest BCUT2D eigenvalue weighted by Crippen LogP contribution is 2.28. The number of rotatable bonds is 5. The zero-order valence-corrected chi connectivity index (χ0v) is 14.0. The van der Waals surface area contributed by atoms with Crippen molar-refractivity contribution in [2.75, 3.05) is 29.9 Å². The van der Waals surface area contributed by atoms with Gasteiger partial charge in [-0.15, -0.1) is 0 Å². The molecule has 1 aliphatic rings. The van der Waals surface area contributed by atoms with Gasteiger partial charge in [-0.05, 0) is 55.0 Å². The number of piperidine rings is 1. The van der Waals surface area contributed by atoms with Gasteiger partial charge in [0.05, 0.1) is 5.69 Å². The van der Waals surface area contributed by atoms with Gasteiger partial charge in [-0.3, -0.25) is 0 Å². The molecule has 0 saturated carbocycles. The van der Waals surface area contributed by atoms with Crippen molar-refractivity contribution in [3.8, 4) is 0 Å². The molecule has 2 heterocycles. The molecule has 0 atom stereocenters. The van der Waals surface area contributed by atoms with Gasteiger partial charge in [0.1, 0.15) is 5.82 Å². The average molecular weight is 329 g/mol. The number of aliphatic hydroxyl groups excluding tert-OH is 1. The van der Waals surface area contributed by atoms with E-state index in [9.17, 15) is 9.50 Å². The summed E-state index contributed by atoms with van der Waals surface area (Å²) in [4.78, 5) is 6.81. The lowest BCUT2D eigenvalue weighted by molar-refractivity contribution is 0.203. The lowest BCUT2D eigenvalue weighted by atomic mass is 9.98. The number of hydrogen-bond donors (Lipinski definition) is 2. The Kier molecular flexibility index (Phi) is 5.30. The molecule has 0 unspecified atom stereocenters. The number of nitrogens with zero attached hydrogens (tertiary/aromatic N) is 2. The molecule has 1 aliphatic heterocycles. The van der Waals surface area contributed by atoms with Crippen molar-refractivity contribution < 1.29 is 9.50 Å². The Bertz CT molecular complexity index is 684. The van der Waals surface area contributed by atoms with Gasteiger partial charge in [0.15, 0.2) is 5.82 Å². The van der Waals surface area contributed by atoms with Crippen molar-refractivity contribution in [1.82, 2.24) is 4.98 Å². The third-order valence-corrected chi connectivity index (χ3v) is 4.66. The largest absolute Gasteiger partial charge is 0.396 e. The highest BCUT2D eigenvalue weighted by atomic mass is 19.1. The van der Waals surface area contributed by atoms with E-state index in [1.54, 1.807) is 19.2 Å². The summed E-state index contributed by atoms with van der Waals surface area (Å²) >= 11 is 0. The summed E-state index contributed by atoms with van der Waals surface area (Å²) in [5.74, 6) is 1.18. The first kappa shape index (κ1) is 16.7. The number of aliphatic hydroxyl groups is 1. The second kappa shape index (κ2) is 7.62. The Labute approximate surface area is 142 Å². The van der Waals surface area contributed by atoms with E-state index >= 15 is 0 Å². The van der Waals surface area contributed by atoms with Gasteiger partial charge in [0.25, 0.3) is 0 Å². The summed E-state index contributed by atoms with van der Waals surface area (Å²) < 4.78 is 13.4. The standard InChI is InChI=1S/C19H24FN3O/c1-14-11-16(4-5-17(14)20)12-22-18-3-2-8-21-19(18)23-9-6-15(13-24)7-10-23/h2-5,8,11,15,22,24H,6-7,9-10,12-13H2,1H3. The Morgan fingerprint density at radius 1 is 1.29 bits per heavy atom. The van der Waals surface area contributed by atoms with E-state index < -0.39 is 0 Å². The number of halogens is 1. The quantitative estimate of drug-likeness (QED) is 0.883. The van der Waals surface area contributed by atoms with Crippen LogP contribution in [0.25, 0.3) is 0 Å². The summed E-state index contributed by atoms with van der Waals surface area (Å²) in [6.45, 7) is 4.50. The number of aromatic nitrogens is 1. The molecule has 1 aromatic heterocycles. The van der Waals surface area contributed by atoms with Gasteiger partial charge >= 0.3 is 0 Å². The second-order valence-electron chi connectivity index (χ2n) is 6.42. The number of aryl methyl sites for hydroxylation is 1. The summed E-state index contributed by atoms with van der Waals surface area (Å²) in [5.41, 5.74) is 2.69. The van der Waals surface area contributed by atoms with Crippen LogP contribution in [0.15, 0.2) is 36.5 Å². The Morgan fingerprint density at radius 2 is 2.08 bits per heavy atom. The van der Waals surface area contributed by atoms with Crippen molar-refractivity contribution in [3.05, 3.63) is 53.5 Å². The molecule has 4 nitrogen and oxygen atoms in total. The van der Waals surface area contributed by atoms with Crippen molar-refractivity contribution in [3.63, 3.8) is 0 Å². The van der Waals surface area contributed by atoms with E-state index in [2.05, 4.69) is 15.2 Å². The lowest BCUT2D eigenvalue weighted by Gasteiger charge is -2.33. The molecule has 0 radical (unpaired) electrons. The van der Waals surface area contributed by atoms with Gasteiger partial charge in [-0.2, -0.15) is 0 Å². The molecule has 0 amide bonds. The molecule has 1 aromatic carbocycles. The predicted molar refractivity (Wildman–Crippen MR) is 94.7 cm³/mol. The van der Waals surface area contributed by atoms with Crippen LogP contribution in [0.2, 0.25) is 0 Å². The Morgan fingerprint density at radius 3 is 2.79 bits per heavy atom. The van der Waals surface area contributed by atoms with E-state index in [-0.39, 0.29) is 12.4 Å². The first-order valence-corrected chi connectivity index (χ1v) is 8.47. The van der Waals surface area contributed by atoms with Crippen molar-refractivity contribution in [1.29, 1.82) is 0 Å². The normalized spacial score (nSPS) is 15.5. The van der Waals surface area contributed by atoms with Crippen LogP contribution in [-0.4, -0.2) is 29.8 Å². The number of pyridine rings is 1. The average Bonchev–Trinajstić information content (AvgIpc) is 2.63. The first-order chi connectivity index (χ1) is 11.7. The minimum atomic E-state index is -0.174. The minimum Gasteiger partial charge on any atom is -0.396 e. The number of anilines is 2. The van der Waals surface area contributed by atoms with Crippen LogP contribution in [0.3, 0.4) is 0 Å². The fraction of sp³-hybridized carbons (Fsp3) is 0.421. The number of hydrogen-bond acceptors (Lipinski definition) is 4. The third kappa shape index (κ3) is 3.85. The molecule has 3 rings (SSSR count). The fourth-order valence-electron chi connectivity index (χ4n) is 3.13. The van der Waals surface area contributed by atoms with E-state index in [0.29, 0.717) is 18.0 Å². The van der Waals surface area contributed by atoms with Crippen molar-refractivity contribution >= 4 is 11.5 Å². The van der Waals surface area contributed by atoms with Crippen LogP contribution in [0, 0.1) is 18.7 Å². The summed E-state index contributed by atoms with van der Waals surface area (Å²) in [6.07, 6.45) is 3.79. The van der Waals surface area contributed by atoms with Gasteiger partial charge < -0.3 is 15.3 Å². The maximum absolute atomic E-state index is 13.4. The maximum Gasteiger partial charge on any atom is 0.151 e. The number of nitrogens with one attached hydrogen (secondary N) is 1. The summed E-state index contributed by atoms with van der Waals surface area (Å²) in [5, 5.41) is 12.7. The minimum absolute atomic E-state index is 0.174. The molecule has 1 fully saturated rings. The molecule has 0 aliphatic carbocycles. The first-order valence-electron chi connectivity index (χ1n) is 8.47. The van der Waals surface area contributed by atoms with E-state index in [1.165, 1.54) is 6.07 Å². The number of benzene rings is 1. The van der Waals surface area contributed by atoms with Crippen LogP contribution in [0.5, 0.6) is 0 Å². The monoisotopic (exact) mass is 329 g/mol. The van der Waals surface area contributed by atoms with Gasteiger partial charge in [0.2, 0.25) is 0 Å². The maximum atomic E-state index is 13.4. The van der Waals surface area contributed by atoms with Crippen LogP contribution < -0.4 is 10.2 Å². The fourth-order valence-corrected chi connectivity index (χ4v) is 3.13. The molecule has 128 valence electrons. The molecular formula is C19H24FN3O. The zero-order valence-electron chi connectivity index (χ0n) is 14.0. The summed E-state index contributed by atoms with van der Waals surface area (Å²) in [7, 11) is 0. The second-order valence-corrected chi connectivity index (χ2v) is 6.42. The van der Waals surface area contributed by atoms with Crippen LogP contribution in [0.1, 0.15) is 24.0 Å². The van der Waals surface area contributed by atoms with Crippen molar-refractivity contribution in [2.24, 2.45) is 5.92 Å². The molecule has 5 heteroatoms. The molecule has 2 N–H and O–H groups in total. The summed E-state index contributed by atoms with van der Waals surface area (Å²) in [6, 6.07) is 9.12. The molecule has 0 bridgehead atoms. The topological polar surface area (TPSA) is 48.4 Å². The zero-order chi connectivity index (χ0) is 16.9. The van der Waals surface area contributed by atoms with Gasteiger partial charge in [-0.25, -0.2) is 9.37 Å². The van der Waals surface area contributed by atoms with E-state index in [4.69, 9.17) is 0 Å². The highest BCUT2D eigenvalue weighted by molar-refractivity contribution is 5.65. The van der Waals surface area contributed by atoms with Crippen LogP contribution in [0.4, 0.5) is 15.9 Å². The van der Waals surface area contributed by atoms with Gasteiger partial charge in [-0.1, -0.05) is 12.1 Å². The van der Waals surface area contributed by atoms with Crippen molar-refractivity contribution in [2.45, 2.75) is 26.3 Å². The third-order valence-electron chi connectivity index (χ3n) is 4.66.